The molecule has 0 spiro atoms. The van der Waals surface area contributed by atoms with E-state index in [4.69, 9.17) is 0 Å². The summed E-state index contributed by atoms with van der Waals surface area (Å²) in [4.78, 5) is 15.0. The number of hydrogen-bond donors (Lipinski definition) is 0. The quantitative estimate of drug-likeness (QED) is 0.472. The molecule has 1 aromatic rings. The van der Waals surface area contributed by atoms with Gasteiger partial charge in [-0.1, -0.05) is 15.9 Å². The first-order valence-corrected chi connectivity index (χ1v) is 4.87. The van der Waals surface area contributed by atoms with Gasteiger partial charge in [0.1, 0.15) is 4.60 Å². The van der Waals surface area contributed by atoms with Gasteiger partial charge in [0.15, 0.2) is 5.78 Å². The van der Waals surface area contributed by atoms with E-state index in [2.05, 4.69) is 36.8 Å². The number of pyridine rings is 1. The average molecular weight is 279 g/mol. The lowest BCUT2D eigenvalue weighted by Gasteiger charge is -1.97. The number of alkyl halides is 1. The van der Waals surface area contributed by atoms with Crippen LogP contribution in [0.15, 0.2) is 22.9 Å². The Morgan fingerprint density at radius 2 is 2.36 bits per heavy atom. The molecule has 0 amide bonds. The van der Waals surface area contributed by atoms with Crippen LogP contribution in [0.5, 0.6) is 0 Å². The predicted octanol–water partition coefficient (Wildman–Crippen LogP) is 2.42. The summed E-state index contributed by atoms with van der Waals surface area (Å²) in [5.74, 6) is 0.0324. The SMILES string of the molecule is O=C(CBr)c1cccnc1Br. The number of nitrogens with zero attached hydrogens (tertiary/aromatic N) is 1. The van der Waals surface area contributed by atoms with Gasteiger partial charge in [-0.2, -0.15) is 0 Å². The van der Waals surface area contributed by atoms with E-state index < -0.39 is 0 Å². The maximum Gasteiger partial charge on any atom is 0.176 e. The van der Waals surface area contributed by atoms with Crippen molar-refractivity contribution in [3.05, 3.63) is 28.5 Å². The molecule has 0 aromatic carbocycles. The molecule has 0 unspecified atom stereocenters. The van der Waals surface area contributed by atoms with Crippen LogP contribution in [-0.4, -0.2) is 16.1 Å². The van der Waals surface area contributed by atoms with Crippen LogP contribution in [0.1, 0.15) is 10.4 Å². The molecule has 11 heavy (non-hydrogen) atoms. The van der Waals surface area contributed by atoms with Crippen LogP contribution in [0.25, 0.3) is 0 Å². The van der Waals surface area contributed by atoms with Crippen molar-refractivity contribution >= 4 is 37.6 Å². The van der Waals surface area contributed by atoms with Gasteiger partial charge in [0.25, 0.3) is 0 Å². The number of ketones is 1. The molecule has 0 atom stereocenters. The van der Waals surface area contributed by atoms with Crippen LogP contribution in [0, 0.1) is 0 Å². The van der Waals surface area contributed by atoms with Gasteiger partial charge in [-0.15, -0.1) is 0 Å². The van der Waals surface area contributed by atoms with E-state index >= 15 is 0 Å². The normalized spacial score (nSPS) is 9.64. The molecule has 2 nitrogen and oxygen atoms in total. The van der Waals surface area contributed by atoms with Crippen LogP contribution in [0.4, 0.5) is 0 Å². The van der Waals surface area contributed by atoms with Crippen LogP contribution in [0.3, 0.4) is 0 Å². The maximum absolute atomic E-state index is 11.1. The smallest absolute Gasteiger partial charge is 0.176 e. The van der Waals surface area contributed by atoms with E-state index in [-0.39, 0.29) is 5.78 Å². The number of aromatic nitrogens is 1. The highest BCUT2D eigenvalue weighted by molar-refractivity contribution is 9.10. The van der Waals surface area contributed by atoms with Crippen molar-refractivity contribution in [3.8, 4) is 0 Å². The maximum atomic E-state index is 11.1. The molecule has 0 fully saturated rings. The van der Waals surface area contributed by atoms with Crippen molar-refractivity contribution < 1.29 is 4.79 Å². The van der Waals surface area contributed by atoms with Crippen LogP contribution < -0.4 is 0 Å². The lowest BCUT2D eigenvalue weighted by Crippen LogP contribution is -2.01. The van der Waals surface area contributed by atoms with Gasteiger partial charge in [0, 0.05) is 6.20 Å². The third kappa shape index (κ3) is 2.10. The molecular weight excluding hydrogens is 274 g/mol. The van der Waals surface area contributed by atoms with Gasteiger partial charge < -0.3 is 0 Å². The topological polar surface area (TPSA) is 30.0 Å². The minimum atomic E-state index is 0.0324. The van der Waals surface area contributed by atoms with E-state index in [1.807, 2.05) is 0 Å². The molecule has 4 heteroatoms. The number of carbonyl (C=O) groups is 1. The zero-order chi connectivity index (χ0) is 8.27. The van der Waals surface area contributed by atoms with E-state index in [0.29, 0.717) is 15.5 Å². The second-order valence-electron chi connectivity index (χ2n) is 1.90. The highest BCUT2D eigenvalue weighted by atomic mass is 79.9. The molecule has 0 saturated carbocycles. The molecule has 0 aliphatic heterocycles. The van der Waals surface area contributed by atoms with Crippen molar-refractivity contribution in [2.75, 3.05) is 5.33 Å². The zero-order valence-electron chi connectivity index (χ0n) is 5.55. The van der Waals surface area contributed by atoms with Crippen LogP contribution in [-0.2, 0) is 0 Å². The summed E-state index contributed by atoms with van der Waals surface area (Å²) in [5.41, 5.74) is 0.615. The lowest BCUT2D eigenvalue weighted by atomic mass is 10.2. The fourth-order valence-corrected chi connectivity index (χ4v) is 1.44. The highest BCUT2D eigenvalue weighted by Gasteiger charge is 2.07. The zero-order valence-corrected chi connectivity index (χ0v) is 8.72. The van der Waals surface area contributed by atoms with E-state index in [0.717, 1.165) is 0 Å². The van der Waals surface area contributed by atoms with E-state index in [9.17, 15) is 4.79 Å². The number of halogens is 2. The van der Waals surface area contributed by atoms with Gasteiger partial charge in [0.2, 0.25) is 0 Å². The Kier molecular flexibility index (Phi) is 3.20. The van der Waals surface area contributed by atoms with Crippen molar-refractivity contribution in [2.45, 2.75) is 0 Å². The molecule has 1 rings (SSSR count). The summed E-state index contributed by atoms with van der Waals surface area (Å²) < 4.78 is 0.601. The monoisotopic (exact) mass is 277 g/mol. The van der Waals surface area contributed by atoms with Crippen LogP contribution >= 0.6 is 31.9 Å². The Hall–Kier alpha value is -0.220. The number of Topliss-reactive ketones (excluding diaryl/α,β-unsaturated/α-hetero) is 1. The summed E-state index contributed by atoms with van der Waals surface area (Å²) in [6.45, 7) is 0. The second kappa shape index (κ2) is 3.97. The minimum Gasteiger partial charge on any atom is -0.293 e. The fraction of sp³-hybridized carbons (Fsp3) is 0.143. The van der Waals surface area contributed by atoms with Crippen molar-refractivity contribution in [2.24, 2.45) is 0 Å². The van der Waals surface area contributed by atoms with Gasteiger partial charge in [0.05, 0.1) is 10.9 Å². The van der Waals surface area contributed by atoms with Gasteiger partial charge in [-0.25, -0.2) is 4.98 Å². The van der Waals surface area contributed by atoms with Gasteiger partial charge in [-0.05, 0) is 28.1 Å². The molecule has 0 aliphatic carbocycles. The molecule has 0 N–H and O–H groups in total. The minimum absolute atomic E-state index is 0.0324. The van der Waals surface area contributed by atoms with E-state index in [1.165, 1.54) is 0 Å². The molecule has 0 aliphatic rings. The molecular formula is C7H5Br2NO. The first-order valence-electron chi connectivity index (χ1n) is 2.95. The Labute approximate surface area is 81.3 Å². The summed E-state index contributed by atoms with van der Waals surface area (Å²) >= 11 is 6.27. The molecule has 1 aromatic heterocycles. The van der Waals surface area contributed by atoms with E-state index in [1.54, 1.807) is 18.3 Å². The lowest BCUT2D eigenvalue weighted by molar-refractivity contribution is 0.102. The van der Waals surface area contributed by atoms with Crippen LogP contribution in [0.2, 0.25) is 0 Å². The molecule has 58 valence electrons. The third-order valence-electron chi connectivity index (χ3n) is 1.18. The highest BCUT2D eigenvalue weighted by Crippen LogP contribution is 2.13. The number of hydrogen-bond acceptors (Lipinski definition) is 2. The Bertz CT molecular complexity index is 275. The number of rotatable bonds is 2. The average Bonchev–Trinajstić information content (AvgIpc) is 2.04. The molecule has 1 heterocycles. The Morgan fingerprint density at radius 1 is 1.64 bits per heavy atom. The third-order valence-corrected chi connectivity index (χ3v) is 2.32. The Morgan fingerprint density at radius 3 is 2.91 bits per heavy atom. The van der Waals surface area contributed by atoms with Crippen molar-refractivity contribution in [1.82, 2.24) is 4.98 Å². The molecule has 0 radical (unpaired) electrons. The van der Waals surface area contributed by atoms with Crippen molar-refractivity contribution in [1.29, 1.82) is 0 Å². The molecule has 0 bridgehead atoms. The first-order chi connectivity index (χ1) is 5.25. The predicted molar refractivity (Wildman–Crippen MR) is 50.1 cm³/mol. The summed E-state index contributed by atoms with van der Waals surface area (Å²) in [7, 11) is 0. The molecule has 0 saturated heterocycles. The standard InChI is InChI=1S/C7H5Br2NO/c8-4-6(11)5-2-1-3-10-7(5)9/h1-3H,4H2. The number of carbonyl (C=O) groups excluding carboxylic acids is 1. The summed E-state index contributed by atoms with van der Waals surface area (Å²) in [6.07, 6.45) is 1.63. The van der Waals surface area contributed by atoms with Crippen molar-refractivity contribution in [3.63, 3.8) is 0 Å². The Balaban J connectivity index is 3.03. The second-order valence-corrected chi connectivity index (χ2v) is 3.21. The van der Waals surface area contributed by atoms with Gasteiger partial charge >= 0.3 is 0 Å². The first kappa shape index (κ1) is 8.87. The van der Waals surface area contributed by atoms with Gasteiger partial charge in [-0.3, -0.25) is 4.79 Å². The summed E-state index contributed by atoms with van der Waals surface area (Å²) in [6, 6.07) is 3.47. The summed E-state index contributed by atoms with van der Waals surface area (Å²) in [5, 5.41) is 0.331. The largest absolute Gasteiger partial charge is 0.293 e. The fourth-order valence-electron chi connectivity index (χ4n) is 0.666.